The Balaban J connectivity index is 2.44. The summed E-state index contributed by atoms with van der Waals surface area (Å²) in [5, 5.41) is 2.47. The van der Waals surface area contributed by atoms with Crippen molar-refractivity contribution in [2.75, 3.05) is 5.32 Å². The Morgan fingerprint density at radius 2 is 2.06 bits per heavy atom. The molecule has 0 fully saturated rings. The van der Waals surface area contributed by atoms with Crippen molar-refractivity contribution in [3.63, 3.8) is 0 Å². The van der Waals surface area contributed by atoms with Crippen molar-refractivity contribution in [2.45, 2.75) is 32.4 Å². The first-order valence-corrected chi connectivity index (χ1v) is 8.10. The molecule has 0 aromatic heterocycles. The predicted molar refractivity (Wildman–Crippen MR) is 69.1 cm³/mol. The van der Waals surface area contributed by atoms with E-state index >= 15 is 0 Å². The van der Waals surface area contributed by atoms with E-state index in [1.165, 1.54) is 18.9 Å². The molecule has 1 rings (SSSR count). The summed E-state index contributed by atoms with van der Waals surface area (Å²) < 4.78 is 5.86. The summed E-state index contributed by atoms with van der Waals surface area (Å²) in [5.74, 6) is 0.895. The Kier molecular flexibility index (Phi) is 5.64. The quantitative estimate of drug-likeness (QED) is 0.584. The topological polar surface area (TPSA) is 38.3 Å². The normalized spacial score (nSPS) is 11.9. The van der Waals surface area contributed by atoms with E-state index in [-0.39, 0.29) is 0 Å². The van der Waals surface area contributed by atoms with E-state index < -0.39 is 9.04 Å². The average Bonchev–Trinajstić information content (AvgIpc) is 2.29. The fraction of sp³-hybridized carbons (Fsp3) is 0.417. The molecular formula is C12H18NO2Si. The Hall–Kier alpha value is -1.29. The highest BCUT2D eigenvalue weighted by Crippen LogP contribution is 2.17. The van der Waals surface area contributed by atoms with Gasteiger partial charge in [0, 0.05) is 5.69 Å². The third-order valence-corrected chi connectivity index (χ3v) is 4.25. The van der Waals surface area contributed by atoms with Gasteiger partial charge in [-0.25, -0.2) is 0 Å². The fourth-order valence-corrected chi connectivity index (χ4v) is 3.18. The van der Waals surface area contributed by atoms with E-state index in [9.17, 15) is 4.79 Å². The number of unbranched alkanes of at least 4 members (excludes halogenated alkanes) is 1. The zero-order chi connectivity index (χ0) is 11.8. The largest absolute Gasteiger partial charge is 0.547 e. The molecule has 0 aliphatic heterocycles. The van der Waals surface area contributed by atoms with Crippen molar-refractivity contribution >= 4 is 21.1 Å². The van der Waals surface area contributed by atoms with Crippen LogP contribution in [0.4, 0.5) is 5.69 Å². The number of benzene rings is 1. The number of hydrogen-bond donors (Lipinski definition) is 1. The Labute approximate surface area is 98.5 Å². The Morgan fingerprint density at radius 3 is 2.62 bits per heavy atom. The third-order valence-electron chi connectivity index (χ3n) is 2.35. The SMILES string of the molecule is CCCC[SiH](C)Oc1ccc(N[C]=O)cc1. The van der Waals surface area contributed by atoms with Gasteiger partial charge in [0.15, 0.2) is 0 Å². The van der Waals surface area contributed by atoms with Crippen LogP contribution in [0.3, 0.4) is 0 Å². The van der Waals surface area contributed by atoms with Crippen molar-refractivity contribution < 1.29 is 9.22 Å². The van der Waals surface area contributed by atoms with Crippen molar-refractivity contribution in [3.8, 4) is 5.75 Å². The molecular weight excluding hydrogens is 218 g/mol. The van der Waals surface area contributed by atoms with Crippen LogP contribution in [0.15, 0.2) is 24.3 Å². The lowest BCUT2D eigenvalue weighted by Gasteiger charge is -2.13. The summed E-state index contributed by atoms with van der Waals surface area (Å²) in [6, 6.07) is 8.62. The van der Waals surface area contributed by atoms with Crippen LogP contribution >= 0.6 is 0 Å². The van der Waals surface area contributed by atoms with Gasteiger partial charge in [-0.15, -0.1) is 0 Å². The summed E-state index contributed by atoms with van der Waals surface area (Å²) in [6.07, 6.45) is 4.10. The molecule has 1 amide bonds. The monoisotopic (exact) mass is 236 g/mol. The van der Waals surface area contributed by atoms with Crippen LogP contribution in [0.25, 0.3) is 0 Å². The number of amides is 1. The third kappa shape index (κ3) is 4.48. The minimum absolute atomic E-state index is 0.741. The molecule has 1 N–H and O–H groups in total. The van der Waals surface area contributed by atoms with Gasteiger partial charge < -0.3 is 9.74 Å². The number of hydrogen-bond acceptors (Lipinski definition) is 2. The Morgan fingerprint density at radius 1 is 1.38 bits per heavy atom. The van der Waals surface area contributed by atoms with Crippen LogP contribution in [-0.4, -0.2) is 15.5 Å². The smallest absolute Gasteiger partial charge is 0.314 e. The number of nitrogens with one attached hydrogen (secondary N) is 1. The fourth-order valence-electron chi connectivity index (χ4n) is 1.46. The minimum atomic E-state index is -1.08. The molecule has 0 heterocycles. The van der Waals surface area contributed by atoms with Crippen LogP contribution in [0.1, 0.15) is 19.8 Å². The van der Waals surface area contributed by atoms with Gasteiger partial charge in [-0.3, -0.25) is 4.79 Å². The van der Waals surface area contributed by atoms with E-state index in [4.69, 9.17) is 4.43 Å². The highest BCUT2D eigenvalue weighted by atomic mass is 28.3. The van der Waals surface area contributed by atoms with Crippen LogP contribution in [0.2, 0.25) is 12.6 Å². The zero-order valence-corrected chi connectivity index (χ0v) is 11.0. The summed E-state index contributed by atoms with van der Waals surface area (Å²) >= 11 is 0. The minimum Gasteiger partial charge on any atom is -0.547 e. The molecule has 0 saturated carbocycles. The molecule has 4 heteroatoms. The number of anilines is 1. The lowest BCUT2D eigenvalue weighted by atomic mass is 10.3. The molecule has 3 nitrogen and oxygen atoms in total. The molecule has 0 aliphatic rings. The lowest BCUT2D eigenvalue weighted by Crippen LogP contribution is -2.16. The lowest BCUT2D eigenvalue weighted by molar-refractivity contribution is 0.560. The molecule has 0 bridgehead atoms. The van der Waals surface area contributed by atoms with Gasteiger partial charge in [0.2, 0.25) is 9.04 Å². The van der Waals surface area contributed by atoms with E-state index in [0.29, 0.717) is 0 Å². The molecule has 0 aliphatic carbocycles. The van der Waals surface area contributed by atoms with Gasteiger partial charge >= 0.3 is 6.41 Å². The maximum Gasteiger partial charge on any atom is 0.314 e. The molecule has 87 valence electrons. The highest BCUT2D eigenvalue weighted by molar-refractivity contribution is 6.51. The summed E-state index contributed by atoms with van der Waals surface area (Å²) in [6.45, 7) is 4.40. The highest BCUT2D eigenvalue weighted by Gasteiger charge is 2.05. The van der Waals surface area contributed by atoms with Crippen LogP contribution < -0.4 is 9.74 Å². The first-order valence-electron chi connectivity index (χ1n) is 5.66. The van der Waals surface area contributed by atoms with Gasteiger partial charge in [0.1, 0.15) is 5.75 Å². The van der Waals surface area contributed by atoms with Gasteiger partial charge in [0.05, 0.1) is 0 Å². The summed E-state index contributed by atoms with van der Waals surface area (Å²) in [4.78, 5) is 10.1. The maximum atomic E-state index is 10.1. The zero-order valence-electron chi connectivity index (χ0n) is 9.82. The Bertz CT molecular complexity index is 313. The van der Waals surface area contributed by atoms with Crippen molar-refractivity contribution in [1.82, 2.24) is 0 Å². The summed E-state index contributed by atoms with van der Waals surface area (Å²) in [7, 11) is -1.08. The standard InChI is InChI=1S/C12H18NO2Si/c1-3-4-9-16(2)15-12-7-5-11(6-8-12)13-10-14/h5-8,16H,3-4,9H2,1-2H3,(H,13,14). The second-order valence-corrected chi connectivity index (χ2v) is 6.26. The maximum absolute atomic E-state index is 10.1. The van der Waals surface area contributed by atoms with Crippen LogP contribution in [0, 0.1) is 0 Å². The van der Waals surface area contributed by atoms with E-state index in [2.05, 4.69) is 18.8 Å². The van der Waals surface area contributed by atoms with E-state index in [1.54, 1.807) is 6.41 Å². The second-order valence-electron chi connectivity index (χ2n) is 3.82. The summed E-state index contributed by atoms with van der Waals surface area (Å²) in [5.41, 5.74) is 0.741. The molecule has 1 atom stereocenters. The van der Waals surface area contributed by atoms with Crippen molar-refractivity contribution in [1.29, 1.82) is 0 Å². The first kappa shape index (κ1) is 12.8. The average molecular weight is 236 g/mol. The molecule has 16 heavy (non-hydrogen) atoms. The van der Waals surface area contributed by atoms with Gasteiger partial charge in [-0.1, -0.05) is 19.8 Å². The van der Waals surface area contributed by atoms with E-state index in [0.717, 1.165) is 11.4 Å². The van der Waals surface area contributed by atoms with Crippen molar-refractivity contribution in [2.24, 2.45) is 0 Å². The van der Waals surface area contributed by atoms with Gasteiger partial charge in [-0.05, 0) is 36.9 Å². The molecule has 0 spiro atoms. The predicted octanol–water partition coefficient (Wildman–Crippen LogP) is 2.70. The molecule has 1 unspecified atom stereocenters. The molecule has 1 radical (unpaired) electrons. The number of carbonyl (C=O) groups excluding carboxylic acids is 1. The molecule has 0 saturated heterocycles. The first-order chi connectivity index (χ1) is 7.76. The molecule has 1 aromatic rings. The number of rotatable bonds is 7. The van der Waals surface area contributed by atoms with Crippen LogP contribution in [-0.2, 0) is 4.79 Å². The van der Waals surface area contributed by atoms with Gasteiger partial charge in [-0.2, -0.15) is 0 Å². The van der Waals surface area contributed by atoms with Crippen LogP contribution in [0.5, 0.6) is 5.75 Å². The van der Waals surface area contributed by atoms with Crippen molar-refractivity contribution in [3.05, 3.63) is 24.3 Å². The van der Waals surface area contributed by atoms with E-state index in [1.807, 2.05) is 24.3 Å². The second kappa shape index (κ2) is 7.06. The molecule has 1 aromatic carbocycles. The van der Waals surface area contributed by atoms with Gasteiger partial charge in [0.25, 0.3) is 0 Å².